The molecular formula is C21H25N7O5. The molecule has 2 saturated heterocycles. The van der Waals surface area contributed by atoms with E-state index in [-0.39, 0.29) is 5.56 Å². The van der Waals surface area contributed by atoms with Gasteiger partial charge in [-0.3, -0.25) is 25.0 Å². The third-order valence-electron chi connectivity index (χ3n) is 6.20. The molecule has 1 aromatic carbocycles. The van der Waals surface area contributed by atoms with Gasteiger partial charge in [0.2, 0.25) is 0 Å². The second-order valence-corrected chi connectivity index (χ2v) is 8.32. The van der Waals surface area contributed by atoms with E-state index in [4.69, 9.17) is 0 Å². The van der Waals surface area contributed by atoms with Crippen molar-refractivity contribution in [3.63, 3.8) is 0 Å². The molecule has 2 aliphatic rings. The molecule has 1 amide bonds. The van der Waals surface area contributed by atoms with Gasteiger partial charge in [-0.2, -0.15) is 0 Å². The van der Waals surface area contributed by atoms with Gasteiger partial charge >= 0.3 is 0 Å². The fraction of sp³-hybridized carbons (Fsp3) is 0.476. The number of anilines is 2. The smallest absolute Gasteiger partial charge is 0.277 e. The minimum Gasteiger partial charge on any atom is -0.352 e. The lowest BCUT2D eigenvalue weighted by Crippen LogP contribution is -2.49. The second kappa shape index (κ2) is 9.35. The quantitative estimate of drug-likeness (QED) is 0.491. The molecule has 12 nitrogen and oxygen atoms in total. The Hall–Kier alpha value is -3.83. The van der Waals surface area contributed by atoms with Crippen molar-refractivity contribution < 1.29 is 14.6 Å². The number of nitrogens with zero attached hydrogens (tertiary/aromatic N) is 7. The molecule has 0 saturated carbocycles. The summed E-state index contributed by atoms with van der Waals surface area (Å²) in [6.45, 7) is 4.92. The van der Waals surface area contributed by atoms with Crippen LogP contribution >= 0.6 is 0 Å². The zero-order chi connectivity index (χ0) is 23.5. The van der Waals surface area contributed by atoms with Crippen molar-refractivity contribution in [1.82, 2.24) is 15.1 Å². The summed E-state index contributed by atoms with van der Waals surface area (Å²) in [5.74, 6) is 1.12. The third kappa shape index (κ3) is 4.83. The van der Waals surface area contributed by atoms with Gasteiger partial charge in [-0.05, 0) is 38.3 Å². The summed E-state index contributed by atoms with van der Waals surface area (Å²) in [5, 5.41) is 31.0. The molecule has 0 aliphatic carbocycles. The maximum atomic E-state index is 12.9. The van der Waals surface area contributed by atoms with Crippen LogP contribution in [0.4, 0.5) is 23.0 Å². The number of rotatable bonds is 5. The maximum Gasteiger partial charge on any atom is 0.277 e. The van der Waals surface area contributed by atoms with E-state index >= 15 is 0 Å². The number of piperazine rings is 1. The van der Waals surface area contributed by atoms with Crippen molar-refractivity contribution in [2.24, 2.45) is 0 Å². The fourth-order valence-electron chi connectivity index (χ4n) is 4.33. The first-order chi connectivity index (χ1) is 15.8. The molecule has 1 atom stereocenters. The molecule has 4 rings (SSSR count). The monoisotopic (exact) mass is 455 g/mol. The van der Waals surface area contributed by atoms with E-state index in [1.54, 1.807) is 0 Å². The summed E-state index contributed by atoms with van der Waals surface area (Å²) >= 11 is 0. The summed E-state index contributed by atoms with van der Waals surface area (Å²) in [5.41, 5.74) is -1.03. The van der Waals surface area contributed by atoms with Gasteiger partial charge in [-0.1, -0.05) is 0 Å². The first kappa shape index (κ1) is 22.4. The molecule has 2 aromatic rings. The van der Waals surface area contributed by atoms with Crippen molar-refractivity contribution in [2.45, 2.75) is 32.2 Å². The van der Waals surface area contributed by atoms with Crippen molar-refractivity contribution in [3.05, 3.63) is 56.1 Å². The van der Waals surface area contributed by atoms with Gasteiger partial charge in [0.1, 0.15) is 0 Å². The Morgan fingerprint density at radius 3 is 2.06 bits per heavy atom. The van der Waals surface area contributed by atoms with Crippen LogP contribution in [0.3, 0.4) is 0 Å². The van der Waals surface area contributed by atoms with Crippen LogP contribution in [-0.2, 0) is 0 Å². The van der Waals surface area contributed by atoms with Gasteiger partial charge in [0.05, 0.1) is 21.5 Å². The van der Waals surface area contributed by atoms with Crippen molar-refractivity contribution in [1.29, 1.82) is 0 Å². The highest BCUT2D eigenvalue weighted by Gasteiger charge is 2.27. The number of piperidine rings is 1. The number of nitro groups is 2. The summed E-state index contributed by atoms with van der Waals surface area (Å²) in [6, 6.07) is 7.36. The first-order valence-corrected chi connectivity index (χ1v) is 10.9. The van der Waals surface area contributed by atoms with Gasteiger partial charge < -0.3 is 14.7 Å². The molecule has 0 radical (unpaired) electrons. The van der Waals surface area contributed by atoms with Gasteiger partial charge in [0.15, 0.2) is 11.6 Å². The predicted molar refractivity (Wildman–Crippen MR) is 121 cm³/mol. The lowest BCUT2D eigenvalue weighted by Gasteiger charge is -2.36. The topological polar surface area (TPSA) is 139 Å². The molecule has 1 unspecified atom stereocenters. The summed E-state index contributed by atoms with van der Waals surface area (Å²) in [4.78, 5) is 39.4. The standard InChI is InChI=1S/C21H25N7O5/c1-15-4-2-3-7-26(15)20-6-5-19(22-23-20)24-8-10-25(11-9-24)21(29)16-12-17(27(30)31)14-18(13-16)28(32)33/h5-6,12-15H,2-4,7-11H2,1H3. The average Bonchev–Trinajstić information content (AvgIpc) is 2.84. The van der Waals surface area contributed by atoms with Crippen LogP contribution in [0, 0.1) is 20.2 Å². The fourth-order valence-corrected chi connectivity index (χ4v) is 4.33. The average molecular weight is 455 g/mol. The number of amides is 1. The molecule has 0 bridgehead atoms. The van der Waals surface area contributed by atoms with Crippen LogP contribution in [0.5, 0.6) is 0 Å². The molecule has 0 N–H and O–H groups in total. The van der Waals surface area contributed by atoms with E-state index in [0.29, 0.717) is 32.2 Å². The molecule has 174 valence electrons. The largest absolute Gasteiger partial charge is 0.352 e. The van der Waals surface area contributed by atoms with Crippen molar-refractivity contribution in [3.8, 4) is 0 Å². The highest BCUT2D eigenvalue weighted by Crippen LogP contribution is 2.26. The summed E-state index contributed by atoms with van der Waals surface area (Å²) < 4.78 is 0. The molecular weight excluding hydrogens is 430 g/mol. The van der Waals surface area contributed by atoms with Crippen LogP contribution < -0.4 is 9.80 Å². The highest BCUT2D eigenvalue weighted by atomic mass is 16.6. The lowest BCUT2D eigenvalue weighted by atomic mass is 10.0. The van der Waals surface area contributed by atoms with Gasteiger partial charge in [-0.15, -0.1) is 10.2 Å². The number of non-ortho nitro benzene ring substituents is 2. The minimum atomic E-state index is -0.741. The summed E-state index contributed by atoms with van der Waals surface area (Å²) in [6.07, 6.45) is 3.53. The molecule has 12 heteroatoms. The van der Waals surface area contributed by atoms with E-state index in [9.17, 15) is 25.0 Å². The van der Waals surface area contributed by atoms with E-state index < -0.39 is 27.1 Å². The van der Waals surface area contributed by atoms with Gasteiger partial charge in [0, 0.05) is 50.9 Å². The minimum absolute atomic E-state index is 0.0656. The Morgan fingerprint density at radius 2 is 1.52 bits per heavy atom. The second-order valence-electron chi connectivity index (χ2n) is 8.32. The summed E-state index contributed by atoms with van der Waals surface area (Å²) in [7, 11) is 0. The van der Waals surface area contributed by atoms with Crippen molar-refractivity contribution >= 4 is 28.9 Å². The molecule has 1 aromatic heterocycles. The Labute approximate surface area is 190 Å². The van der Waals surface area contributed by atoms with Crippen molar-refractivity contribution in [2.75, 3.05) is 42.5 Å². The van der Waals surface area contributed by atoms with Crippen LogP contribution in [0.25, 0.3) is 0 Å². The lowest BCUT2D eigenvalue weighted by molar-refractivity contribution is -0.394. The van der Waals surface area contributed by atoms with Crippen LogP contribution in [0.2, 0.25) is 0 Å². The Balaban J connectivity index is 1.41. The Bertz CT molecular complexity index is 1020. The molecule has 33 heavy (non-hydrogen) atoms. The number of carbonyl (C=O) groups is 1. The van der Waals surface area contributed by atoms with Gasteiger partial charge in [-0.25, -0.2) is 0 Å². The molecule has 3 heterocycles. The number of hydrogen-bond acceptors (Lipinski definition) is 9. The number of benzene rings is 1. The normalized spacial score (nSPS) is 18.8. The SMILES string of the molecule is CC1CCCCN1c1ccc(N2CCN(C(=O)c3cc([N+](=O)[O-])cc([N+](=O)[O-])c3)CC2)nn1. The van der Waals surface area contributed by atoms with Gasteiger partial charge in [0.25, 0.3) is 17.3 Å². The number of aromatic nitrogens is 2. The zero-order valence-corrected chi connectivity index (χ0v) is 18.3. The van der Waals surface area contributed by atoms with E-state index in [2.05, 4.69) is 22.0 Å². The third-order valence-corrected chi connectivity index (χ3v) is 6.20. The van der Waals surface area contributed by atoms with Crippen LogP contribution in [-0.4, -0.2) is 69.6 Å². The number of nitro benzene ring substituents is 2. The molecule has 0 spiro atoms. The van der Waals surface area contributed by atoms with Crippen LogP contribution in [0.1, 0.15) is 36.5 Å². The number of carbonyl (C=O) groups excluding carboxylic acids is 1. The van der Waals surface area contributed by atoms with E-state index in [1.165, 1.54) is 11.3 Å². The molecule has 2 aliphatic heterocycles. The first-order valence-electron chi connectivity index (χ1n) is 10.9. The highest BCUT2D eigenvalue weighted by molar-refractivity contribution is 5.95. The van der Waals surface area contributed by atoms with Crippen LogP contribution in [0.15, 0.2) is 30.3 Å². The van der Waals surface area contributed by atoms with E-state index in [0.717, 1.165) is 49.2 Å². The maximum absolute atomic E-state index is 12.9. The Kier molecular flexibility index (Phi) is 6.33. The Morgan fingerprint density at radius 1 is 0.909 bits per heavy atom. The van der Waals surface area contributed by atoms with E-state index in [1.807, 2.05) is 17.0 Å². The zero-order valence-electron chi connectivity index (χ0n) is 18.3. The number of hydrogen-bond donors (Lipinski definition) is 0. The molecule has 2 fully saturated rings. The predicted octanol–water partition coefficient (Wildman–Crippen LogP) is 2.63.